The molecule has 0 saturated carbocycles. The number of thiocarbonyl (C=S) groups is 1. The molecule has 0 radical (unpaired) electrons. The van der Waals surface area contributed by atoms with Crippen LogP contribution in [0.25, 0.3) is 0 Å². The zero-order valence-electron chi connectivity index (χ0n) is 6.34. The number of hydrogen-bond acceptors (Lipinski definition) is 2. The summed E-state index contributed by atoms with van der Waals surface area (Å²) in [5.74, 6) is -0.874. The summed E-state index contributed by atoms with van der Waals surface area (Å²) in [6, 6.07) is 2.71. The topological polar surface area (TPSA) is 58.3 Å². The van der Waals surface area contributed by atoms with Gasteiger partial charge in [-0.1, -0.05) is 0 Å². The summed E-state index contributed by atoms with van der Waals surface area (Å²) in [6.07, 6.45) is 0. The Kier molecular flexibility index (Phi) is 3.05. The molecule has 6 heteroatoms. The van der Waals surface area contributed by atoms with Crippen LogP contribution in [0.15, 0.2) is 16.6 Å². The van der Waals surface area contributed by atoms with Gasteiger partial charge in [0.2, 0.25) is 0 Å². The molecule has 0 unspecified atom stereocenters. The predicted octanol–water partition coefficient (Wildman–Crippen LogP) is 1.95. The summed E-state index contributed by atoms with van der Waals surface area (Å²) in [7, 11) is 0. The molecule has 0 atom stereocenters. The summed E-state index contributed by atoms with van der Waals surface area (Å²) in [6.45, 7) is 0. The Bertz CT molecular complexity index is 359. The van der Waals surface area contributed by atoms with Crippen LogP contribution >= 0.6 is 28.1 Å². The molecule has 0 aliphatic rings. The highest BCUT2D eigenvalue weighted by Crippen LogP contribution is 2.31. The highest BCUT2D eigenvalue weighted by molar-refractivity contribution is 9.10. The van der Waals surface area contributed by atoms with Gasteiger partial charge in [-0.25, -0.2) is 4.39 Å². The lowest BCUT2D eigenvalue weighted by Crippen LogP contribution is -2.19. The molecule has 0 aromatic heterocycles. The van der Waals surface area contributed by atoms with Crippen molar-refractivity contribution in [2.24, 2.45) is 5.73 Å². The first kappa shape index (κ1) is 10.2. The number of rotatable bonds is 1. The molecule has 0 aliphatic heterocycles. The highest BCUT2D eigenvalue weighted by Gasteiger charge is 2.11. The van der Waals surface area contributed by atoms with E-state index in [9.17, 15) is 9.50 Å². The van der Waals surface area contributed by atoms with Gasteiger partial charge in [0.15, 0.2) is 10.9 Å². The van der Waals surface area contributed by atoms with Crippen molar-refractivity contribution in [1.29, 1.82) is 0 Å². The standard InChI is InChI=1S/C7H6BrFN2OS/c8-3-1-2-4(12)6(5(3)9)11-7(10)13/h1-2,12H,(H3,10,11,13). The molecule has 0 bridgehead atoms. The summed E-state index contributed by atoms with van der Waals surface area (Å²) in [5.41, 5.74) is 5.02. The van der Waals surface area contributed by atoms with Crippen LogP contribution < -0.4 is 11.1 Å². The summed E-state index contributed by atoms with van der Waals surface area (Å²) in [4.78, 5) is 0. The molecule has 13 heavy (non-hydrogen) atoms. The number of halogens is 2. The summed E-state index contributed by atoms with van der Waals surface area (Å²) < 4.78 is 13.5. The third kappa shape index (κ3) is 2.28. The van der Waals surface area contributed by atoms with Gasteiger partial charge in [0.25, 0.3) is 0 Å². The van der Waals surface area contributed by atoms with Gasteiger partial charge in [0, 0.05) is 0 Å². The molecule has 0 aliphatic carbocycles. The summed E-state index contributed by atoms with van der Waals surface area (Å²) in [5, 5.41) is 11.5. The molecule has 0 heterocycles. The Labute approximate surface area is 87.9 Å². The molecule has 1 aromatic rings. The molecule has 0 fully saturated rings. The quantitative estimate of drug-likeness (QED) is 0.536. The van der Waals surface area contributed by atoms with Gasteiger partial charge in [-0.15, -0.1) is 0 Å². The number of phenols is 1. The fourth-order valence-corrected chi connectivity index (χ4v) is 1.22. The van der Waals surface area contributed by atoms with Crippen LogP contribution in [0.4, 0.5) is 10.1 Å². The Morgan fingerprint density at radius 2 is 2.23 bits per heavy atom. The SMILES string of the molecule is NC(=S)Nc1c(O)ccc(Br)c1F. The number of aromatic hydroxyl groups is 1. The van der Waals surface area contributed by atoms with Gasteiger partial charge >= 0.3 is 0 Å². The average molecular weight is 265 g/mol. The first-order valence-electron chi connectivity index (χ1n) is 3.26. The molecule has 0 amide bonds. The maximum Gasteiger partial charge on any atom is 0.168 e. The molecular formula is C7H6BrFN2OS. The molecule has 3 nitrogen and oxygen atoms in total. The average Bonchev–Trinajstić information content (AvgIpc) is 2.05. The fraction of sp³-hybridized carbons (Fsp3) is 0. The van der Waals surface area contributed by atoms with Gasteiger partial charge < -0.3 is 16.2 Å². The Morgan fingerprint density at radius 1 is 1.62 bits per heavy atom. The highest BCUT2D eigenvalue weighted by atomic mass is 79.9. The minimum atomic E-state index is -0.632. The fourth-order valence-electron chi connectivity index (χ4n) is 0.783. The molecule has 70 valence electrons. The van der Waals surface area contributed by atoms with E-state index < -0.39 is 5.82 Å². The zero-order chi connectivity index (χ0) is 10.0. The van der Waals surface area contributed by atoms with Crippen LogP contribution in [0.5, 0.6) is 5.75 Å². The Balaban J connectivity index is 3.17. The van der Waals surface area contributed by atoms with Crippen molar-refractivity contribution in [3.8, 4) is 5.75 Å². The van der Waals surface area contributed by atoms with Crippen molar-refractivity contribution < 1.29 is 9.50 Å². The van der Waals surface area contributed by atoms with Crippen LogP contribution in [0.1, 0.15) is 0 Å². The van der Waals surface area contributed by atoms with Crippen LogP contribution in [-0.4, -0.2) is 10.2 Å². The molecule has 0 spiro atoms. The third-order valence-electron chi connectivity index (χ3n) is 1.32. The smallest absolute Gasteiger partial charge is 0.168 e. The number of benzene rings is 1. The van der Waals surface area contributed by atoms with E-state index in [0.717, 1.165) is 0 Å². The Hall–Kier alpha value is -0.880. The Morgan fingerprint density at radius 3 is 2.77 bits per heavy atom. The van der Waals surface area contributed by atoms with Crippen LogP contribution in [0.3, 0.4) is 0 Å². The molecule has 1 rings (SSSR count). The van der Waals surface area contributed by atoms with E-state index >= 15 is 0 Å². The van der Waals surface area contributed by atoms with Gasteiger partial charge in [-0.2, -0.15) is 0 Å². The second kappa shape index (κ2) is 3.89. The predicted molar refractivity (Wildman–Crippen MR) is 56.2 cm³/mol. The monoisotopic (exact) mass is 264 g/mol. The van der Waals surface area contributed by atoms with Gasteiger partial charge in [-0.05, 0) is 40.3 Å². The van der Waals surface area contributed by atoms with Gasteiger partial charge in [-0.3, -0.25) is 0 Å². The number of nitrogens with two attached hydrogens (primary N) is 1. The van der Waals surface area contributed by atoms with Crippen molar-refractivity contribution in [1.82, 2.24) is 0 Å². The van der Waals surface area contributed by atoms with E-state index in [0.29, 0.717) is 0 Å². The maximum atomic E-state index is 13.2. The molecular weight excluding hydrogens is 259 g/mol. The first-order chi connectivity index (χ1) is 6.02. The van der Waals surface area contributed by atoms with E-state index in [1.807, 2.05) is 0 Å². The lowest BCUT2D eigenvalue weighted by Gasteiger charge is -2.08. The third-order valence-corrected chi connectivity index (χ3v) is 2.04. The van der Waals surface area contributed by atoms with Crippen LogP contribution in [-0.2, 0) is 0 Å². The maximum absolute atomic E-state index is 13.2. The first-order valence-corrected chi connectivity index (χ1v) is 4.46. The summed E-state index contributed by atoms with van der Waals surface area (Å²) >= 11 is 7.47. The van der Waals surface area contributed by atoms with Crippen molar-refractivity contribution in [2.75, 3.05) is 5.32 Å². The zero-order valence-corrected chi connectivity index (χ0v) is 8.75. The minimum Gasteiger partial charge on any atom is -0.506 e. The van der Waals surface area contributed by atoms with E-state index in [1.165, 1.54) is 12.1 Å². The van der Waals surface area contributed by atoms with Crippen LogP contribution in [0.2, 0.25) is 0 Å². The van der Waals surface area contributed by atoms with Crippen molar-refractivity contribution >= 4 is 38.9 Å². The van der Waals surface area contributed by atoms with Crippen molar-refractivity contribution in [3.63, 3.8) is 0 Å². The molecule has 0 saturated heterocycles. The minimum absolute atomic E-state index is 0.104. The van der Waals surface area contributed by atoms with E-state index in [2.05, 4.69) is 33.5 Å². The molecule has 4 N–H and O–H groups in total. The van der Waals surface area contributed by atoms with Crippen molar-refractivity contribution in [3.05, 3.63) is 22.4 Å². The molecule has 1 aromatic carbocycles. The largest absolute Gasteiger partial charge is 0.506 e. The van der Waals surface area contributed by atoms with Gasteiger partial charge in [0.1, 0.15) is 11.4 Å². The number of phenolic OH excluding ortho intramolecular Hbond substituents is 1. The van der Waals surface area contributed by atoms with E-state index in [4.69, 9.17) is 5.73 Å². The number of hydrogen-bond donors (Lipinski definition) is 3. The lowest BCUT2D eigenvalue weighted by atomic mass is 10.3. The van der Waals surface area contributed by atoms with Crippen LogP contribution in [0, 0.1) is 5.82 Å². The number of anilines is 1. The van der Waals surface area contributed by atoms with E-state index in [1.54, 1.807) is 0 Å². The van der Waals surface area contributed by atoms with E-state index in [-0.39, 0.29) is 21.0 Å². The van der Waals surface area contributed by atoms with Crippen molar-refractivity contribution in [2.45, 2.75) is 0 Å². The number of nitrogens with one attached hydrogen (secondary N) is 1. The lowest BCUT2D eigenvalue weighted by molar-refractivity contribution is 0.472. The second-order valence-corrected chi connectivity index (χ2v) is 3.54. The normalized spacial score (nSPS) is 9.69. The van der Waals surface area contributed by atoms with Gasteiger partial charge in [0.05, 0.1) is 4.47 Å². The second-order valence-electron chi connectivity index (χ2n) is 2.24.